The minimum absolute atomic E-state index is 0.0825. The largest absolute Gasteiger partial charge is 0.465 e. The van der Waals surface area contributed by atoms with Gasteiger partial charge < -0.3 is 9.26 Å². The van der Waals surface area contributed by atoms with E-state index in [0.29, 0.717) is 41.7 Å². The van der Waals surface area contributed by atoms with Crippen LogP contribution in [-0.2, 0) is 13.8 Å². The Bertz CT molecular complexity index is 702. The molecule has 4 atom stereocenters. The lowest BCUT2D eigenvalue weighted by Gasteiger charge is -2.41. The number of ether oxygens (including phenoxy) is 1. The van der Waals surface area contributed by atoms with Crippen LogP contribution in [0.25, 0.3) is 0 Å². The summed E-state index contributed by atoms with van der Waals surface area (Å²) in [5.74, 6) is 0.883. The Kier molecular flexibility index (Phi) is 8.30. The number of carbonyl (C=O) groups excluding carboxylic acids is 1. The fourth-order valence-electron chi connectivity index (χ4n) is 4.29. The van der Waals surface area contributed by atoms with Gasteiger partial charge in [0.05, 0.1) is 24.1 Å². The van der Waals surface area contributed by atoms with Crippen LogP contribution < -0.4 is 5.30 Å². The van der Waals surface area contributed by atoms with Gasteiger partial charge >= 0.3 is 13.5 Å². The maximum absolute atomic E-state index is 14.5. The normalized spacial score (nSPS) is 24.9. The summed E-state index contributed by atoms with van der Waals surface area (Å²) in [5.41, 5.74) is 0.324. The van der Waals surface area contributed by atoms with Crippen molar-refractivity contribution in [2.45, 2.75) is 60.0 Å². The molecule has 0 aromatic heterocycles. The molecule has 1 aromatic carbocycles. The summed E-state index contributed by atoms with van der Waals surface area (Å²) in [4.78, 5) is 12.4. The second-order valence-electron chi connectivity index (χ2n) is 8.14. The van der Waals surface area contributed by atoms with Crippen LogP contribution in [0.3, 0.4) is 0 Å². The number of hydrogen-bond donors (Lipinski definition) is 0. The molecule has 1 aromatic rings. The first-order valence-corrected chi connectivity index (χ1v) is 12.1. The lowest BCUT2D eigenvalue weighted by Crippen LogP contribution is -2.38. The van der Waals surface area contributed by atoms with Crippen molar-refractivity contribution in [2.75, 3.05) is 20.2 Å². The molecule has 1 saturated carbocycles. The van der Waals surface area contributed by atoms with E-state index in [2.05, 4.69) is 20.8 Å². The molecule has 1 unspecified atom stereocenters. The average molecular weight is 410 g/mol. The van der Waals surface area contributed by atoms with Crippen LogP contribution in [-0.4, -0.2) is 36.9 Å². The van der Waals surface area contributed by atoms with Crippen molar-refractivity contribution < 1.29 is 18.6 Å². The molecular weight excluding hydrogens is 373 g/mol. The molecule has 1 aliphatic rings. The molecule has 0 bridgehead atoms. The molecule has 158 valence electrons. The number of benzene rings is 1. The molecular formula is C22H36NO4P. The lowest BCUT2D eigenvalue weighted by atomic mass is 9.75. The first-order chi connectivity index (χ1) is 13.3. The Morgan fingerprint density at radius 3 is 2.43 bits per heavy atom. The molecule has 0 spiro atoms. The molecule has 0 N–H and O–H groups in total. The minimum atomic E-state index is -3.43. The van der Waals surface area contributed by atoms with Crippen LogP contribution in [0.4, 0.5) is 0 Å². The number of hydrogen-bond acceptors (Lipinski definition) is 4. The van der Waals surface area contributed by atoms with Gasteiger partial charge in [-0.1, -0.05) is 53.2 Å². The van der Waals surface area contributed by atoms with E-state index in [1.807, 2.05) is 24.6 Å². The predicted octanol–water partition coefficient (Wildman–Crippen LogP) is 5.11. The lowest BCUT2D eigenvalue weighted by molar-refractivity contribution is 0.0425. The number of esters is 1. The quantitative estimate of drug-likeness (QED) is 0.441. The zero-order chi connectivity index (χ0) is 20.9. The van der Waals surface area contributed by atoms with E-state index in [-0.39, 0.29) is 6.10 Å². The molecule has 28 heavy (non-hydrogen) atoms. The third-order valence-electron chi connectivity index (χ3n) is 5.96. The van der Waals surface area contributed by atoms with Crippen molar-refractivity contribution in [3.05, 3.63) is 29.8 Å². The first-order valence-electron chi connectivity index (χ1n) is 10.5. The SMILES string of the molecule is CCN(CC)P(=O)(O[C@@H]1C[C@H](C)CC[C@H]1C(C)C)c1ccccc1C(=O)OC. The van der Waals surface area contributed by atoms with Crippen LogP contribution in [0, 0.1) is 17.8 Å². The molecule has 5 nitrogen and oxygen atoms in total. The zero-order valence-corrected chi connectivity index (χ0v) is 19.1. The predicted molar refractivity (Wildman–Crippen MR) is 114 cm³/mol. The Morgan fingerprint density at radius 2 is 1.86 bits per heavy atom. The Balaban J connectivity index is 2.53. The van der Waals surface area contributed by atoms with E-state index in [1.54, 1.807) is 18.2 Å². The molecule has 0 saturated heterocycles. The van der Waals surface area contributed by atoms with Gasteiger partial charge in [-0.15, -0.1) is 0 Å². The maximum atomic E-state index is 14.5. The molecule has 0 heterocycles. The second kappa shape index (κ2) is 10.0. The monoisotopic (exact) mass is 409 g/mol. The van der Waals surface area contributed by atoms with E-state index >= 15 is 0 Å². The summed E-state index contributed by atoms with van der Waals surface area (Å²) in [6.07, 6.45) is 3.08. The van der Waals surface area contributed by atoms with E-state index in [4.69, 9.17) is 9.26 Å². The van der Waals surface area contributed by atoms with Crippen molar-refractivity contribution >= 4 is 18.8 Å². The highest BCUT2D eigenvalue weighted by atomic mass is 31.2. The highest BCUT2D eigenvalue weighted by molar-refractivity contribution is 7.64. The van der Waals surface area contributed by atoms with Crippen molar-refractivity contribution in [2.24, 2.45) is 17.8 Å². The van der Waals surface area contributed by atoms with Crippen molar-refractivity contribution in [1.29, 1.82) is 0 Å². The van der Waals surface area contributed by atoms with Gasteiger partial charge in [0, 0.05) is 13.1 Å². The van der Waals surface area contributed by atoms with Crippen LogP contribution in [0.5, 0.6) is 0 Å². The van der Waals surface area contributed by atoms with Gasteiger partial charge in [0.2, 0.25) is 0 Å². The van der Waals surface area contributed by atoms with Gasteiger partial charge in [-0.25, -0.2) is 9.46 Å². The summed E-state index contributed by atoms with van der Waals surface area (Å²) >= 11 is 0. The van der Waals surface area contributed by atoms with E-state index in [9.17, 15) is 9.36 Å². The summed E-state index contributed by atoms with van der Waals surface area (Å²) < 4.78 is 27.8. The minimum Gasteiger partial charge on any atom is -0.465 e. The van der Waals surface area contributed by atoms with Gasteiger partial charge in [-0.2, -0.15) is 0 Å². The fourth-order valence-corrected chi connectivity index (χ4v) is 6.94. The maximum Gasteiger partial charge on any atom is 0.338 e. The first kappa shape index (κ1) is 23.1. The zero-order valence-electron chi connectivity index (χ0n) is 18.2. The number of methoxy groups -OCH3 is 1. The molecule has 1 aliphatic carbocycles. The van der Waals surface area contributed by atoms with Crippen molar-refractivity contribution in [3.8, 4) is 0 Å². The molecule has 2 rings (SSSR count). The van der Waals surface area contributed by atoms with Gasteiger partial charge in [-0.05, 0) is 42.7 Å². The smallest absolute Gasteiger partial charge is 0.338 e. The summed E-state index contributed by atoms with van der Waals surface area (Å²) in [6, 6.07) is 7.00. The van der Waals surface area contributed by atoms with Gasteiger partial charge in [0.1, 0.15) is 0 Å². The molecule has 6 heteroatoms. The third kappa shape index (κ3) is 4.87. The molecule has 1 fully saturated rings. The highest BCUT2D eigenvalue weighted by Gasteiger charge is 2.42. The van der Waals surface area contributed by atoms with Crippen LogP contribution in [0.15, 0.2) is 24.3 Å². The number of rotatable bonds is 8. The number of nitrogens with zero attached hydrogens (tertiary/aromatic N) is 1. The second-order valence-corrected chi connectivity index (χ2v) is 10.4. The van der Waals surface area contributed by atoms with Crippen LogP contribution in [0.2, 0.25) is 0 Å². The molecule has 0 aliphatic heterocycles. The summed E-state index contributed by atoms with van der Waals surface area (Å²) in [7, 11) is -2.08. The topological polar surface area (TPSA) is 55.8 Å². The van der Waals surface area contributed by atoms with E-state index in [1.165, 1.54) is 13.5 Å². The van der Waals surface area contributed by atoms with Crippen molar-refractivity contribution in [3.63, 3.8) is 0 Å². The Labute approximate surface area is 170 Å². The van der Waals surface area contributed by atoms with Gasteiger partial charge in [0.15, 0.2) is 0 Å². The van der Waals surface area contributed by atoms with Gasteiger partial charge in [-0.3, -0.25) is 4.57 Å². The highest BCUT2D eigenvalue weighted by Crippen LogP contribution is 2.54. The fraction of sp³-hybridized carbons (Fsp3) is 0.682. The summed E-state index contributed by atoms with van der Waals surface area (Å²) in [5, 5.41) is 0.450. The molecule has 0 radical (unpaired) electrons. The third-order valence-corrected chi connectivity index (χ3v) is 8.82. The average Bonchev–Trinajstić information content (AvgIpc) is 2.68. The van der Waals surface area contributed by atoms with Crippen LogP contribution >= 0.6 is 7.52 Å². The summed E-state index contributed by atoms with van der Waals surface area (Å²) in [6.45, 7) is 11.8. The standard InChI is InChI=1S/C22H36NO4P/c1-7-23(8-2)28(25,21-12-10-9-11-19(21)22(24)26-6)27-20-15-17(5)13-14-18(20)16(3)4/h9-12,16-18,20H,7-8,13-15H2,1-6H3/t17-,18+,20-,28?/m1/s1. The van der Waals surface area contributed by atoms with E-state index < -0.39 is 13.5 Å². The Hall–Kier alpha value is -1.16. The van der Waals surface area contributed by atoms with Crippen LogP contribution in [0.1, 0.15) is 64.2 Å². The number of carbonyl (C=O) groups is 1. The molecule has 0 amide bonds. The van der Waals surface area contributed by atoms with Crippen molar-refractivity contribution in [1.82, 2.24) is 4.67 Å². The van der Waals surface area contributed by atoms with E-state index in [0.717, 1.165) is 12.8 Å². The Morgan fingerprint density at radius 1 is 1.21 bits per heavy atom. The van der Waals surface area contributed by atoms with Gasteiger partial charge in [0.25, 0.3) is 0 Å².